The Hall–Kier alpha value is -3.20. The standard InChI is InChI=1S/C21H21FN2O5S/c1-27-16-9-4-12(10-17(16)28-2)19-18(20(25)29-3)15(23-21(26)24-19)11-30-14-7-5-13(22)6-8-14/h4-10,19H,11H2,1-3H3,(H2,23,24,26)/t19-/m0/s1. The Labute approximate surface area is 177 Å². The van der Waals surface area contributed by atoms with Crippen LogP contribution < -0.4 is 20.1 Å². The van der Waals surface area contributed by atoms with Crippen molar-refractivity contribution in [1.29, 1.82) is 0 Å². The molecule has 0 saturated carbocycles. The number of hydrogen-bond donors (Lipinski definition) is 2. The smallest absolute Gasteiger partial charge is 0.338 e. The summed E-state index contributed by atoms with van der Waals surface area (Å²) in [5, 5.41) is 5.45. The van der Waals surface area contributed by atoms with Crippen LogP contribution in [0.2, 0.25) is 0 Å². The van der Waals surface area contributed by atoms with Gasteiger partial charge in [0.1, 0.15) is 5.82 Å². The zero-order valence-corrected chi connectivity index (χ0v) is 17.5. The third-order valence-corrected chi connectivity index (χ3v) is 5.54. The van der Waals surface area contributed by atoms with Gasteiger partial charge in [-0.15, -0.1) is 11.8 Å². The second-order valence-corrected chi connectivity index (χ2v) is 7.32. The van der Waals surface area contributed by atoms with E-state index in [9.17, 15) is 14.0 Å². The molecule has 0 fully saturated rings. The van der Waals surface area contributed by atoms with Gasteiger partial charge in [0.25, 0.3) is 0 Å². The molecule has 0 bridgehead atoms. The molecule has 2 amide bonds. The van der Waals surface area contributed by atoms with Crippen LogP contribution in [0.4, 0.5) is 9.18 Å². The van der Waals surface area contributed by atoms with Crippen molar-refractivity contribution in [1.82, 2.24) is 10.6 Å². The molecule has 1 aliphatic heterocycles. The minimum atomic E-state index is -0.741. The van der Waals surface area contributed by atoms with E-state index < -0.39 is 18.0 Å². The highest BCUT2D eigenvalue weighted by molar-refractivity contribution is 7.99. The number of ether oxygens (including phenoxy) is 3. The summed E-state index contributed by atoms with van der Waals surface area (Å²) in [6, 6.07) is 9.92. The molecule has 1 aliphatic rings. The Morgan fingerprint density at radius 3 is 2.40 bits per heavy atom. The van der Waals surface area contributed by atoms with E-state index in [1.807, 2.05) is 0 Å². The van der Waals surface area contributed by atoms with E-state index in [4.69, 9.17) is 14.2 Å². The number of carbonyl (C=O) groups is 2. The molecule has 0 spiro atoms. The van der Waals surface area contributed by atoms with Gasteiger partial charge < -0.3 is 24.8 Å². The van der Waals surface area contributed by atoms with Gasteiger partial charge >= 0.3 is 12.0 Å². The van der Waals surface area contributed by atoms with E-state index in [-0.39, 0.29) is 17.1 Å². The van der Waals surface area contributed by atoms with Crippen LogP contribution in [0.15, 0.2) is 58.6 Å². The van der Waals surface area contributed by atoms with E-state index in [0.717, 1.165) is 4.90 Å². The molecule has 0 aliphatic carbocycles. The minimum absolute atomic E-state index is 0.277. The van der Waals surface area contributed by atoms with Gasteiger partial charge in [-0.1, -0.05) is 6.07 Å². The summed E-state index contributed by atoms with van der Waals surface area (Å²) in [6.45, 7) is 0. The number of esters is 1. The molecule has 9 heteroatoms. The molecule has 0 saturated heterocycles. The first kappa shape index (κ1) is 21.5. The predicted molar refractivity (Wildman–Crippen MR) is 110 cm³/mol. The zero-order valence-electron chi connectivity index (χ0n) is 16.7. The number of rotatable bonds is 7. The summed E-state index contributed by atoms with van der Waals surface area (Å²) < 4.78 is 28.7. The SMILES string of the molecule is COC(=O)C1=C(CSc2ccc(F)cc2)NC(=O)N[C@H]1c1ccc(OC)c(OC)c1. The van der Waals surface area contributed by atoms with Gasteiger partial charge in [0.2, 0.25) is 0 Å². The fourth-order valence-corrected chi connectivity index (χ4v) is 3.92. The topological polar surface area (TPSA) is 85.9 Å². The molecule has 30 heavy (non-hydrogen) atoms. The quantitative estimate of drug-likeness (QED) is 0.515. The Kier molecular flexibility index (Phi) is 6.83. The predicted octanol–water partition coefficient (Wildman–Crippen LogP) is 3.42. The van der Waals surface area contributed by atoms with Crippen LogP contribution in [-0.2, 0) is 9.53 Å². The van der Waals surface area contributed by atoms with Crippen molar-refractivity contribution < 1.29 is 28.2 Å². The summed E-state index contributed by atoms with van der Waals surface area (Å²) in [6.07, 6.45) is 0. The van der Waals surface area contributed by atoms with Gasteiger partial charge in [0.15, 0.2) is 11.5 Å². The maximum atomic E-state index is 13.1. The second-order valence-electron chi connectivity index (χ2n) is 6.27. The maximum absolute atomic E-state index is 13.1. The normalized spacial score (nSPS) is 15.9. The number of nitrogens with one attached hydrogen (secondary N) is 2. The molecule has 7 nitrogen and oxygen atoms in total. The van der Waals surface area contributed by atoms with Crippen molar-refractivity contribution in [2.45, 2.75) is 10.9 Å². The number of carbonyl (C=O) groups excluding carboxylic acids is 2. The monoisotopic (exact) mass is 432 g/mol. The van der Waals surface area contributed by atoms with Gasteiger partial charge in [-0.25, -0.2) is 14.0 Å². The summed E-state index contributed by atoms with van der Waals surface area (Å²) in [5.41, 5.74) is 1.32. The number of thioether (sulfide) groups is 1. The number of amides is 2. The number of halogens is 1. The average molecular weight is 432 g/mol. The van der Waals surface area contributed by atoms with Crippen molar-refractivity contribution in [2.75, 3.05) is 27.1 Å². The molecule has 1 heterocycles. The van der Waals surface area contributed by atoms with E-state index in [2.05, 4.69) is 10.6 Å². The molecule has 2 aromatic carbocycles. The summed E-state index contributed by atoms with van der Waals surface area (Å²) >= 11 is 1.36. The van der Waals surface area contributed by atoms with Gasteiger partial charge in [0, 0.05) is 16.3 Å². The highest BCUT2D eigenvalue weighted by Gasteiger charge is 2.34. The number of benzene rings is 2. The number of methoxy groups -OCH3 is 3. The first-order valence-corrected chi connectivity index (χ1v) is 9.94. The molecule has 158 valence electrons. The van der Waals surface area contributed by atoms with Gasteiger partial charge in [-0.2, -0.15) is 0 Å². The van der Waals surface area contributed by atoms with E-state index >= 15 is 0 Å². The lowest BCUT2D eigenvalue weighted by atomic mass is 9.95. The van der Waals surface area contributed by atoms with E-state index in [1.165, 1.54) is 45.2 Å². The van der Waals surface area contributed by atoms with E-state index in [1.54, 1.807) is 30.3 Å². The summed E-state index contributed by atoms with van der Waals surface area (Å²) in [5.74, 6) is 0.369. The summed E-state index contributed by atoms with van der Waals surface area (Å²) in [4.78, 5) is 25.7. The molecule has 0 aromatic heterocycles. The lowest BCUT2D eigenvalue weighted by molar-refractivity contribution is -0.136. The van der Waals surface area contributed by atoms with Gasteiger partial charge in [-0.3, -0.25) is 0 Å². The molecule has 3 rings (SSSR count). The molecule has 1 atom stereocenters. The molecule has 0 unspecified atom stereocenters. The first-order valence-electron chi connectivity index (χ1n) is 8.96. The molecule has 2 aromatic rings. The van der Waals surface area contributed by atoms with Crippen LogP contribution in [0.1, 0.15) is 11.6 Å². The average Bonchev–Trinajstić information content (AvgIpc) is 2.77. The fourth-order valence-electron chi connectivity index (χ4n) is 3.05. The van der Waals surface area contributed by atoms with Crippen molar-refractivity contribution in [2.24, 2.45) is 0 Å². The van der Waals surface area contributed by atoms with Crippen molar-refractivity contribution >= 4 is 23.8 Å². The third kappa shape index (κ3) is 4.68. The second kappa shape index (κ2) is 9.53. The lowest BCUT2D eigenvalue weighted by Crippen LogP contribution is -2.46. The Morgan fingerprint density at radius 1 is 1.07 bits per heavy atom. The number of urea groups is 1. The molecular formula is C21H21FN2O5S. The minimum Gasteiger partial charge on any atom is -0.493 e. The number of hydrogen-bond acceptors (Lipinski definition) is 6. The van der Waals surface area contributed by atoms with Gasteiger partial charge in [-0.05, 0) is 42.0 Å². The van der Waals surface area contributed by atoms with Crippen LogP contribution >= 0.6 is 11.8 Å². The van der Waals surface area contributed by atoms with Crippen LogP contribution in [0.3, 0.4) is 0 Å². The Morgan fingerprint density at radius 2 is 1.77 bits per heavy atom. The van der Waals surface area contributed by atoms with Crippen molar-refractivity contribution in [3.8, 4) is 11.5 Å². The molecule has 0 radical (unpaired) electrons. The summed E-state index contributed by atoms with van der Waals surface area (Å²) in [7, 11) is 4.31. The first-order chi connectivity index (χ1) is 14.5. The molecular weight excluding hydrogens is 411 g/mol. The highest BCUT2D eigenvalue weighted by atomic mass is 32.2. The largest absolute Gasteiger partial charge is 0.493 e. The maximum Gasteiger partial charge on any atom is 0.338 e. The van der Waals surface area contributed by atoms with Crippen LogP contribution in [0, 0.1) is 5.82 Å². The van der Waals surface area contributed by atoms with Crippen molar-refractivity contribution in [3.05, 3.63) is 65.1 Å². The fraction of sp³-hybridized carbons (Fsp3) is 0.238. The zero-order chi connectivity index (χ0) is 21.7. The van der Waals surface area contributed by atoms with Crippen LogP contribution in [0.5, 0.6) is 11.5 Å². The Bertz CT molecular complexity index is 978. The van der Waals surface area contributed by atoms with Crippen LogP contribution in [-0.4, -0.2) is 39.1 Å². The highest BCUT2D eigenvalue weighted by Crippen LogP contribution is 2.35. The van der Waals surface area contributed by atoms with Crippen molar-refractivity contribution in [3.63, 3.8) is 0 Å². The van der Waals surface area contributed by atoms with E-state index in [0.29, 0.717) is 22.8 Å². The molecule has 2 N–H and O–H groups in total. The lowest BCUT2D eigenvalue weighted by Gasteiger charge is -2.29. The Balaban J connectivity index is 1.98. The van der Waals surface area contributed by atoms with Gasteiger partial charge in [0.05, 0.1) is 32.9 Å². The van der Waals surface area contributed by atoms with Crippen LogP contribution in [0.25, 0.3) is 0 Å². The third-order valence-electron chi connectivity index (χ3n) is 4.50.